The summed E-state index contributed by atoms with van der Waals surface area (Å²) in [5, 5.41) is 20.1. The van der Waals surface area contributed by atoms with E-state index in [-0.39, 0.29) is 18.0 Å². The number of piperidine rings is 1. The van der Waals surface area contributed by atoms with E-state index in [9.17, 15) is 14.8 Å². The van der Waals surface area contributed by atoms with Crippen molar-refractivity contribution in [3.8, 4) is 0 Å². The number of rotatable bonds is 9. The average Bonchev–Trinajstić information content (AvgIpc) is 2.73. The van der Waals surface area contributed by atoms with E-state index in [1.54, 1.807) is 0 Å². The van der Waals surface area contributed by atoms with Crippen LogP contribution in [-0.4, -0.2) is 45.8 Å². The molecule has 2 rings (SSSR count). The standard InChI is InChI=1S/C30H48N3O4/c1-21(2)17-24(32-27(35)37-28(3,4)5)16-15-23(18-22-13-11-10-12-14-22)26(34)31-25-19-29(6,7)33(36)30(8,9)20-25/h10-16,21,23-25H,17-20H2,1-9H3,(H,31,34)(H,32,35)/b16-15+/t23-,24-/m1/s1. The molecule has 37 heavy (non-hydrogen) atoms. The molecule has 7 heteroatoms. The molecule has 2 N–H and O–H groups in total. The third kappa shape index (κ3) is 10.1. The van der Waals surface area contributed by atoms with E-state index in [2.05, 4.69) is 24.5 Å². The topological polar surface area (TPSA) is 90.6 Å². The summed E-state index contributed by atoms with van der Waals surface area (Å²) in [6.45, 7) is 17.4. The molecule has 1 fully saturated rings. The maximum absolute atomic E-state index is 13.6. The normalized spacial score (nSPS) is 20.0. The molecule has 0 saturated carbocycles. The van der Waals surface area contributed by atoms with E-state index in [1.807, 2.05) is 91.0 Å². The van der Waals surface area contributed by atoms with Crippen molar-refractivity contribution in [2.75, 3.05) is 0 Å². The van der Waals surface area contributed by atoms with Gasteiger partial charge in [0, 0.05) is 17.1 Å². The maximum Gasteiger partial charge on any atom is 0.408 e. The Balaban J connectivity index is 2.24. The van der Waals surface area contributed by atoms with Crippen molar-refractivity contribution in [3.63, 3.8) is 0 Å². The molecule has 0 aromatic heterocycles. The quantitative estimate of drug-likeness (QED) is 0.406. The van der Waals surface area contributed by atoms with Crippen LogP contribution >= 0.6 is 0 Å². The van der Waals surface area contributed by atoms with Crippen LogP contribution in [0.2, 0.25) is 0 Å². The van der Waals surface area contributed by atoms with Crippen LogP contribution in [0.4, 0.5) is 4.79 Å². The first kappa shape index (κ1) is 30.8. The summed E-state index contributed by atoms with van der Waals surface area (Å²) in [5.74, 6) is -0.154. The average molecular weight is 515 g/mol. The fourth-order valence-corrected chi connectivity index (χ4v) is 5.21. The minimum atomic E-state index is -0.590. The van der Waals surface area contributed by atoms with Gasteiger partial charge in [0.1, 0.15) is 5.60 Å². The molecular weight excluding hydrogens is 466 g/mol. The van der Waals surface area contributed by atoms with Gasteiger partial charge in [-0.1, -0.05) is 56.3 Å². The predicted octanol–water partition coefficient (Wildman–Crippen LogP) is 5.82. The molecule has 1 aliphatic rings. The molecule has 1 aromatic rings. The summed E-state index contributed by atoms with van der Waals surface area (Å²) in [5.41, 5.74) is -0.663. The van der Waals surface area contributed by atoms with E-state index >= 15 is 0 Å². The lowest BCUT2D eigenvalue weighted by Crippen LogP contribution is -2.62. The molecule has 0 aliphatic carbocycles. The highest BCUT2D eigenvalue weighted by Crippen LogP contribution is 2.37. The van der Waals surface area contributed by atoms with Crippen molar-refractivity contribution in [1.82, 2.24) is 15.7 Å². The fourth-order valence-electron chi connectivity index (χ4n) is 5.21. The molecule has 0 spiro atoms. The smallest absolute Gasteiger partial charge is 0.408 e. The number of nitrogens with one attached hydrogen (secondary N) is 2. The van der Waals surface area contributed by atoms with E-state index in [1.165, 1.54) is 5.06 Å². The van der Waals surface area contributed by atoms with Crippen molar-refractivity contribution in [2.24, 2.45) is 11.8 Å². The summed E-state index contributed by atoms with van der Waals surface area (Å²) in [6, 6.07) is 9.56. The van der Waals surface area contributed by atoms with E-state index in [0.717, 1.165) is 12.0 Å². The third-order valence-corrected chi connectivity index (χ3v) is 6.58. The Labute approximate surface area is 224 Å². The largest absolute Gasteiger partial charge is 0.444 e. The van der Waals surface area contributed by atoms with Crippen molar-refractivity contribution in [1.29, 1.82) is 0 Å². The summed E-state index contributed by atoms with van der Waals surface area (Å²) in [6.07, 6.45) is 5.79. The number of carbonyl (C=O) groups is 2. The van der Waals surface area contributed by atoms with Crippen molar-refractivity contribution >= 4 is 12.0 Å². The van der Waals surface area contributed by atoms with Crippen molar-refractivity contribution < 1.29 is 19.5 Å². The minimum absolute atomic E-state index is 0.0726. The molecule has 1 aromatic carbocycles. The number of nitrogens with zero attached hydrogens (tertiary/aromatic N) is 1. The van der Waals surface area contributed by atoms with Crippen LogP contribution in [0.25, 0.3) is 0 Å². The first-order valence-corrected chi connectivity index (χ1v) is 13.5. The molecule has 1 saturated heterocycles. The maximum atomic E-state index is 13.6. The Bertz CT molecular complexity index is 901. The lowest BCUT2D eigenvalue weighted by molar-refractivity contribution is -0.290. The van der Waals surface area contributed by atoms with Crippen LogP contribution < -0.4 is 10.6 Å². The molecule has 0 unspecified atom stereocenters. The second kappa shape index (κ2) is 12.4. The number of hydrogen-bond donors (Lipinski definition) is 2. The summed E-state index contributed by atoms with van der Waals surface area (Å²) in [7, 11) is 0. The molecule has 2 atom stereocenters. The van der Waals surface area contributed by atoms with Crippen molar-refractivity contribution in [3.05, 3.63) is 48.0 Å². The zero-order valence-corrected chi connectivity index (χ0v) is 24.3. The Morgan fingerprint density at radius 2 is 1.62 bits per heavy atom. The van der Waals surface area contributed by atoms with Gasteiger partial charge in [-0.25, -0.2) is 4.79 Å². The molecule has 2 amide bonds. The summed E-state index contributed by atoms with van der Waals surface area (Å²) >= 11 is 0. The van der Waals surface area contributed by atoms with Gasteiger partial charge in [0.25, 0.3) is 0 Å². The number of hydroxylamine groups is 2. The van der Waals surface area contributed by atoms with Crippen LogP contribution in [0, 0.1) is 11.8 Å². The highest BCUT2D eigenvalue weighted by Gasteiger charge is 2.46. The van der Waals surface area contributed by atoms with Crippen LogP contribution in [0.3, 0.4) is 0 Å². The Kier molecular flexibility index (Phi) is 10.4. The first-order chi connectivity index (χ1) is 17.0. The number of benzene rings is 1. The number of carbonyl (C=O) groups excluding carboxylic acids is 2. The van der Waals surface area contributed by atoms with Crippen molar-refractivity contribution in [2.45, 2.75) is 117 Å². The van der Waals surface area contributed by atoms with Crippen LogP contribution in [0.15, 0.2) is 42.5 Å². The van der Waals surface area contributed by atoms with Gasteiger partial charge in [-0.2, -0.15) is 0 Å². The Morgan fingerprint density at radius 3 is 2.14 bits per heavy atom. The summed E-state index contributed by atoms with van der Waals surface area (Å²) in [4.78, 5) is 26.1. The summed E-state index contributed by atoms with van der Waals surface area (Å²) < 4.78 is 5.46. The third-order valence-electron chi connectivity index (χ3n) is 6.58. The second-order valence-corrected chi connectivity index (χ2v) is 13.1. The molecule has 0 bridgehead atoms. The van der Waals surface area contributed by atoms with Crippen LogP contribution in [0.1, 0.15) is 87.1 Å². The van der Waals surface area contributed by atoms with Crippen LogP contribution in [-0.2, 0) is 21.2 Å². The molecule has 7 nitrogen and oxygen atoms in total. The fraction of sp³-hybridized carbons (Fsp3) is 0.667. The molecule has 1 radical (unpaired) electrons. The van der Waals surface area contributed by atoms with Gasteiger partial charge in [0.15, 0.2) is 0 Å². The number of hydrogen-bond acceptors (Lipinski definition) is 4. The predicted molar refractivity (Wildman–Crippen MR) is 147 cm³/mol. The minimum Gasteiger partial charge on any atom is -0.444 e. The second-order valence-electron chi connectivity index (χ2n) is 13.1. The van der Waals surface area contributed by atoms with E-state index in [4.69, 9.17) is 4.74 Å². The van der Waals surface area contributed by atoms with Gasteiger partial charge in [0.2, 0.25) is 5.91 Å². The van der Waals surface area contributed by atoms with Gasteiger partial charge >= 0.3 is 6.09 Å². The lowest BCUT2D eigenvalue weighted by atomic mass is 9.78. The van der Waals surface area contributed by atoms with Crippen LogP contribution in [0.5, 0.6) is 0 Å². The lowest BCUT2D eigenvalue weighted by Gasteiger charge is -2.50. The highest BCUT2D eigenvalue weighted by molar-refractivity contribution is 5.81. The first-order valence-electron chi connectivity index (χ1n) is 13.5. The highest BCUT2D eigenvalue weighted by atomic mass is 16.6. The molecule has 207 valence electrons. The molecule has 1 aliphatic heterocycles. The number of alkyl carbamates (subject to hydrolysis) is 1. The van der Waals surface area contributed by atoms with Gasteiger partial charge in [-0.15, -0.1) is 10.3 Å². The monoisotopic (exact) mass is 514 g/mol. The van der Waals surface area contributed by atoms with E-state index < -0.39 is 28.7 Å². The van der Waals surface area contributed by atoms with E-state index in [0.29, 0.717) is 25.2 Å². The molecule has 1 heterocycles. The molecular formula is C30H48N3O4. The zero-order valence-electron chi connectivity index (χ0n) is 24.3. The van der Waals surface area contributed by atoms with Gasteiger partial charge in [-0.3, -0.25) is 4.79 Å². The van der Waals surface area contributed by atoms with Gasteiger partial charge in [-0.05, 0) is 85.6 Å². The Morgan fingerprint density at radius 1 is 1.05 bits per heavy atom. The number of amides is 2. The zero-order chi connectivity index (χ0) is 28.0. The van der Waals surface area contributed by atoms with Gasteiger partial charge < -0.3 is 15.4 Å². The Hall–Kier alpha value is -2.38. The number of ether oxygens (including phenoxy) is 1. The SMILES string of the molecule is CC(C)C[C@@H](/C=C/[C@H](Cc1ccccc1)C(=O)NC1CC(C)(C)N([O])C(C)(C)C1)NC(=O)OC(C)(C)C. The van der Waals surface area contributed by atoms with Gasteiger partial charge in [0.05, 0.1) is 12.0 Å².